The largest absolute Gasteiger partial charge is 0.371 e. The Bertz CT molecular complexity index is 460. The zero-order valence-corrected chi connectivity index (χ0v) is 10.1. The average molecular weight is 249 g/mol. The third-order valence-corrected chi connectivity index (χ3v) is 3.12. The summed E-state index contributed by atoms with van der Waals surface area (Å²) in [5.74, 6) is 0.0211. The molecule has 1 N–H and O–H groups in total. The Kier molecular flexibility index (Phi) is 2.89. The Hall–Kier alpha value is -1.66. The van der Waals surface area contributed by atoms with Crippen molar-refractivity contribution >= 4 is 17.3 Å². The van der Waals surface area contributed by atoms with Gasteiger partial charge < -0.3 is 19.7 Å². The van der Waals surface area contributed by atoms with E-state index >= 15 is 0 Å². The van der Waals surface area contributed by atoms with Gasteiger partial charge in [-0.25, -0.2) is 0 Å². The van der Waals surface area contributed by atoms with Crippen LogP contribution in [0, 0.1) is 0 Å². The summed E-state index contributed by atoms with van der Waals surface area (Å²) in [6.07, 6.45) is 3.06. The first-order valence-electron chi connectivity index (χ1n) is 6.01. The molecule has 6 nitrogen and oxygen atoms in total. The van der Waals surface area contributed by atoms with Gasteiger partial charge in [-0.1, -0.05) is 0 Å². The molecule has 1 aromatic heterocycles. The molecule has 0 aliphatic carbocycles. The van der Waals surface area contributed by atoms with Gasteiger partial charge in [0.25, 0.3) is 0 Å². The van der Waals surface area contributed by atoms with Crippen molar-refractivity contribution in [3.63, 3.8) is 0 Å². The number of pyridine rings is 1. The lowest BCUT2D eigenvalue weighted by Gasteiger charge is -2.34. The maximum Gasteiger partial charge on any atom is 0.249 e. The van der Waals surface area contributed by atoms with Gasteiger partial charge in [0.1, 0.15) is 6.04 Å². The van der Waals surface area contributed by atoms with Crippen LogP contribution in [0.4, 0.5) is 11.4 Å². The normalized spacial score (nSPS) is 23.9. The minimum absolute atomic E-state index is 0.0211. The molecule has 1 amide bonds. The van der Waals surface area contributed by atoms with Gasteiger partial charge in [0, 0.05) is 6.20 Å². The van der Waals surface area contributed by atoms with Crippen LogP contribution >= 0.6 is 0 Å². The lowest BCUT2D eigenvalue weighted by atomic mass is 10.1. The number of nitrogens with one attached hydrogen (secondary N) is 1. The van der Waals surface area contributed by atoms with Crippen molar-refractivity contribution in [2.45, 2.75) is 19.3 Å². The van der Waals surface area contributed by atoms with Crippen LogP contribution in [-0.4, -0.2) is 43.0 Å². The molecule has 3 rings (SSSR count). The van der Waals surface area contributed by atoms with E-state index in [2.05, 4.69) is 10.3 Å². The van der Waals surface area contributed by atoms with Gasteiger partial charge in [0.2, 0.25) is 5.91 Å². The Labute approximate surface area is 105 Å². The fourth-order valence-electron chi connectivity index (χ4n) is 2.23. The lowest BCUT2D eigenvalue weighted by molar-refractivity contribution is -0.120. The number of ether oxygens (including phenoxy) is 2. The monoisotopic (exact) mass is 249 g/mol. The summed E-state index contributed by atoms with van der Waals surface area (Å²) in [5.41, 5.74) is 1.69. The standard InChI is InChI=1S/C12H15N3O3/c1-8-12(16)15(7-11-17-4-5-18-11)10-2-3-13-6-9(10)14-8/h2-3,6,8,11,14H,4-5,7H2,1H3. The maximum atomic E-state index is 12.2. The summed E-state index contributed by atoms with van der Waals surface area (Å²) >= 11 is 0. The number of hydrogen-bond donors (Lipinski definition) is 1. The number of nitrogens with zero attached hydrogens (tertiary/aromatic N) is 2. The van der Waals surface area contributed by atoms with E-state index in [-0.39, 0.29) is 18.2 Å². The van der Waals surface area contributed by atoms with Gasteiger partial charge in [-0.05, 0) is 13.0 Å². The van der Waals surface area contributed by atoms with Gasteiger partial charge in [0.15, 0.2) is 6.29 Å². The first kappa shape index (κ1) is 11.4. The zero-order valence-electron chi connectivity index (χ0n) is 10.1. The molecule has 0 bridgehead atoms. The van der Waals surface area contributed by atoms with E-state index < -0.39 is 0 Å². The molecule has 6 heteroatoms. The molecule has 1 saturated heterocycles. The average Bonchev–Trinajstić information content (AvgIpc) is 2.88. The van der Waals surface area contributed by atoms with Crippen molar-refractivity contribution in [3.05, 3.63) is 18.5 Å². The Morgan fingerprint density at radius 3 is 3.06 bits per heavy atom. The van der Waals surface area contributed by atoms with Crippen LogP contribution in [0.25, 0.3) is 0 Å². The van der Waals surface area contributed by atoms with E-state index in [0.29, 0.717) is 19.8 Å². The van der Waals surface area contributed by atoms with Crippen LogP contribution in [-0.2, 0) is 14.3 Å². The third-order valence-electron chi connectivity index (χ3n) is 3.12. The van der Waals surface area contributed by atoms with Crippen LogP contribution in [0.2, 0.25) is 0 Å². The fraction of sp³-hybridized carbons (Fsp3) is 0.500. The molecule has 0 aromatic carbocycles. The molecule has 0 saturated carbocycles. The number of carbonyl (C=O) groups excluding carboxylic acids is 1. The number of carbonyl (C=O) groups is 1. The van der Waals surface area contributed by atoms with Crippen molar-refractivity contribution in [1.29, 1.82) is 0 Å². The number of anilines is 2. The quantitative estimate of drug-likeness (QED) is 0.831. The molecule has 2 aliphatic rings. The summed E-state index contributed by atoms with van der Waals surface area (Å²) in [5, 5.41) is 3.13. The van der Waals surface area contributed by atoms with Crippen molar-refractivity contribution in [3.8, 4) is 0 Å². The molecule has 1 unspecified atom stereocenters. The van der Waals surface area contributed by atoms with Crippen molar-refractivity contribution in [2.24, 2.45) is 0 Å². The highest BCUT2D eigenvalue weighted by Gasteiger charge is 2.32. The van der Waals surface area contributed by atoms with Crippen molar-refractivity contribution < 1.29 is 14.3 Å². The van der Waals surface area contributed by atoms with E-state index in [1.807, 2.05) is 13.0 Å². The molecule has 96 valence electrons. The molecule has 1 fully saturated rings. The van der Waals surface area contributed by atoms with Crippen LogP contribution in [0.1, 0.15) is 6.92 Å². The Morgan fingerprint density at radius 1 is 1.50 bits per heavy atom. The zero-order chi connectivity index (χ0) is 12.5. The fourth-order valence-corrected chi connectivity index (χ4v) is 2.23. The first-order valence-corrected chi connectivity index (χ1v) is 6.01. The minimum Gasteiger partial charge on any atom is -0.371 e. The second-order valence-corrected chi connectivity index (χ2v) is 4.38. The number of aromatic nitrogens is 1. The molecule has 3 heterocycles. The van der Waals surface area contributed by atoms with Crippen molar-refractivity contribution in [2.75, 3.05) is 30.0 Å². The highest BCUT2D eigenvalue weighted by molar-refractivity contribution is 6.04. The van der Waals surface area contributed by atoms with Gasteiger partial charge in [-0.3, -0.25) is 9.78 Å². The second-order valence-electron chi connectivity index (χ2n) is 4.38. The maximum absolute atomic E-state index is 12.2. The summed E-state index contributed by atoms with van der Waals surface area (Å²) in [4.78, 5) is 18.0. The number of rotatable bonds is 2. The highest BCUT2D eigenvalue weighted by atomic mass is 16.7. The van der Waals surface area contributed by atoms with Gasteiger partial charge in [-0.15, -0.1) is 0 Å². The van der Waals surface area contributed by atoms with Crippen LogP contribution in [0.5, 0.6) is 0 Å². The summed E-state index contributed by atoms with van der Waals surface area (Å²) in [6.45, 7) is 3.43. The molecule has 1 aromatic rings. The van der Waals surface area contributed by atoms with Crippen LogP contribution in [0.15, 0.2) is 18.5 Å². The highest BCUT2D eigenvalue weighted by Crippen LogP contribution is 2.30. The van der Waals surface area contributed by atoms with Gasteiger partial charge >= 0.3 is 0 Å². The van der Waals surface area contributed by atoms with E-state index in [0.717, 1.165) is 11.4 Å². The summed E-state index contributed by atoms with van der Waals surface area (Å²) in [7, 11) is 0. The van der Waals surface area contributed by atoms with Crippen molar-refractivity contribution in [1.82, 2.24) is 4.98 Å². The summed E-state index contributed by atoms with van der Waals surface area (Å²) in [6, 6.07) is 1.56. The number of fused-ring (bicyclic) bond motifs is 1. The van der Waals surface area contributed by atoms with Crippen LogP contribution in [0.3, 0.4) is 0 Å². The van der Waals surface area contributed by atoms with E-state index in [1.54, 1.807) is 17.3 Å². The molecule has 0 radical (unpaired) electrons. The molecule has 0 spiro atoms. The number of amides is 1. The minimum atomic E-state index is -0.333. The van der Waals surface area contributed by atoms with Crippen LogP contribution < -0.4 is 10.2 Å². The van der Waals surface area contributed by atoms with Gasteiger partial charge in [-0.2, -0.15) is 0 Å². The molecule has 1 atom stereocenters. The van der Waals surface area contributed by atoms with Gasteiger partial charge in [0.05, 0.1) is 37.3 Å². The lowest BCUT2D eigenvalue weighted by Crippen LogP contribution is -2.48. The molecular formula is C12H15N3O3. The Morgan fingerprint density at radius 2 is 2.28 bits per heavy atom. The summed E-state index contributed by atoms with van der Waals surface area (Å²) < 4.78 is 10.8. The predicted octanol–water partition coefficient (Wildman–Crippen LogP) is 0.601. The SMILES string of the molecule is CC1Nc2cnccc2N(CC2OCCO2)C1=O. The Balaban J connectivity index is 1.88. The van der Waals surface area contributed by atoms with E-state index in [1.165, 1.54) is 0 Å². The topological polar surface area (TPSA) is 63.7 Å². The first-order chi connectivity index (χ1) is 8.75. The molecule has 18 heavy (non-hydrogen) atoms. The molecule has 2 aliphatic heterocycles. The molecular weight excluding hydrogens is 234 g/mol. The third kappa shape index (κ3) is 1.93. The van der Waals surface area contributed by atoms with E-state index in [4.69, 9.17) is 9.47 Å². The second kappa shape index (κ2) is 4.55. The van der Waals surface area contributed by atoms with E-state index in [9.17, 15) is 4.79 Å². The number of hydrogen-bond acceptors (Lipinski definition) is 5. The smallest absolute Gasteiger partial charge is 0.249 e. The predicted molar refractivity (Wildman–Crippen MR) is 65.4 cm³/mol.